The van der Waals surface area contributed by atoms with Crippen LogP contribution in [0.2, 0.25) is 0 Å². The minimum Gasteiger partial charge on any atom is -0.327 e. The minimum absolute atomic E-state index is 0.130. The van der Waals surface area contributed by atoms with Crippen LogP contribution in [0.1, 0.15) is 36.8 Å². The van der Waals surface area contributed by atoms with Gasteiger partial charge >= 0.3 is 0 Å². The fourth-order valence-electron chi connectivity index (χ4n) is 2.35. The highest BCUT2D eigenvalue weighted by Gasteiger charge is 2.26. The largest absolute Gasteiger partial charge is 0.327 e. The van der Waals surface area contributed by atoms with Gasteiger partial charge in [0.1, 0.15) is 5.82 Å². The van der Waals surface area contributed by atoms with E-state index in [1.165, 1.54) is 5.56 Å². The summed E-state index contributed by atoms with van der Waals surface area (Å²) < 4.78 is 12.9. The van der Waals surface area contributed by atoms with Gasteiger partial charge in [0.15, 0.2) is 0 Å². The summed E-state index contributed by atoms with van der Waals surface area (Å²) in [6, 6.07) is 5.32. The number of benzene rings is 1. The summed E-state index contributed by atoms with van der Waals surface area (Å²) in [5.41, 5.74) is 8.45. The van der Waals surface area contributed by atoms with E-state index in [4.69, 9.17) is 5.73 Å². The van der Waals surface area contributed by atoms with Crippen LogP contribution in [0.5, 0.6) is 0 Å². The number of halogens is 1. The molecule has 0 aliphatic heterocycles. The Morgan fingerprint density at radius 3 is 3.07 bits per heavy atom. The third-order valence-corrected chi connectivity index (χ3v) is 3.22. The Morgan fingerprint density at radius 2 is 2.36 bits per heavy atom. The molecule has 2 heteroatoms. The van der Waals surface area contributed by atoms with Crippen molar-refractivity contribution in [1.29, 1.82) is 0 Å². The van der Waals surface area contributed by atoms with Crippen LogP contribution >= 0.6 is 0 Å². The molecule has 0 spiro atoms. The van der Waals surface area contributed by atoms with Crippen molar-refractivity contribution in [1.82, 2.24) is 0 Å². The molecule has 0 heterocycles. The molecule has 1 aromatic carbocycles. The van der Waals surface area contributed by atoms with E-state index in [0.717, 1.165) is 24.8 Å². The van der Waals surface area contributed by atoms with E-state index >= 15 is 0 Å². The number of fused-ring (bicyclic) bond motifs is 1. The van der Waals surface area contributed by atoms with Gasteiger partial charge in [0.25, 0.3) is 0 Å². The van der Waals surface area contributed by atoms with Gasteiger partial charge in [-0.15, -0.1) is 0 Å². The van der Waals surface area contributed by atoms with E-state index in [9.17, 15) is 4.39 Å². The molecule has 0 aromatic heterocycles. The lowest BCUT2D eigenvalue weighted by Gasteiger charge is -2.18. The van der Waals surface area contributed by atoms with E-state index in [-0.39, 0.29) is 11.9 Å². The second kappa shape index (κ2) is 3.70. The maximum atomic E-state index is 12.9. The Labute approximate surface area is 84.1 Å². The first-order valence-corrected chi connectivity index (χ1v) is 5.26. The number of nitrogens with two attached hydrogens (primary N) is 1. The molecule has 0 saturated heterocycles. The first kappa shape index (κ1) is 9.66. The van der Waals surface area contributed by atoms with E-state index in [1.807, 2.05) is 6.07 Å². The standard InChI is InChI=1S/C12H16FN/c1-2-12(14)11-5-3-8-7-9(13)4-6-10(8)11/h4,6-7,11-12H,2-3,5,14H2,1H3. The van der Waals surface area contributed by atoms with Gasteiger partial charge in [-0.05, 0) is 48.4 Å². The summed E-state index contributed by atoms with van der Waals surface area (Å²) in [4.78, 5) is 0. The third-order valence-electron chi connectivity index (χ3n) is 3.22. The highest BCUT2D eigenvalue weighted by Crippen LogP contribution is 2.35. The third kappa shape index (κ3) is 1.55. The SMILES string of the molecule is CCC(N)C1CCc2cc(F)ccc21. The second-order valence-corrected chi connectivity index (χ2v) is 4.06. The molecular weight excluding hydrogens is 177 g/mol. The molecule has 1 aromatic rings. The maximum Gasteiger partial charge on any atom is 0.123 e. The van der Waals surface area contributed by atoms with Crippen LogP contribution in [-0.4, -0.2) is 6.04 Å². The van der Waals surface area contributed by atoms with E-state index in [2.05, 4.69) is 6.92 Å². The van der Waals surface area contributed by atoms with E-state index in [0.29, 0.717) is 5.92 Å². The molecule has 2 atom stereocenters. The van der Waals surface area contributed by atoms with Crippen molar-refractivity contribution < 1.29 is 4.39 Å². The molecule has 0 radical (unpaired) electrons. The predicted molar refractivity (Wildman–Crippen MR) is 55.7 cm³/mol. The van der Waals surface area contributed by atoms with Crippen LogP contribution in [0.3, 0.4) is 0 Å². The van der Waals surface area contributed by atoms with Crippen molar-refractivity contribution in [3.8, 4) is 0 Å². The smallest absolute Gasteiger partial charge is 0.123 e. The Bertz CT molecular complexity index is 335. The van der Waals surface area contributed by atoms with Gasteiger partial charge in [-0.2, -0.15) is 0 Å². The molecule has 76 valence electrons. The molecule has 0 saturated carbocycles. The average molecular weight is 193 g/mol. The lowest BCUT2D eigenvalue weighted by molar-refractivity contribution is 0.514. The fraction of sp³-hybridized carbons (Fsp3) is 0.500. The highest BCUT2D eigenvalue weighted by atomic mass is 19.1. The van der Waals surface area contributed by atoms with Crippen LogP contribution < -0.4 is 5.73 Å². The molecule has 2 unspecified atom stereocenters. The zero-order valence-corrected chi connectivity index (χ0v) is 8.46. The Balaban J connectivity index is 2.31. The zero-order valence-electron chi connectivity index (χ0n) is 8.46. The number of rotatable bonds is 2. The summed E-state index contributed by atoms with van der Waals surface area (Å²) in [5, 5.41) is 0. The quantitative estimate of drug-likeness (QED) is 0.767. The molecule has 2 N–H and O–H groups in total. The molecule has 0 amide bonds. The van der Waals surface area contributed by atoms with Crippen LogP contribution in [-0.2, 0) is 6.42 Å². The normalized spacial score (nSPS) is 22.1. The summed E-state index contributed by atoms with van der Waals surface area (Å²) >= 11 is 0. The number of hydrogen-bond acceptors (Lipinski definition) is 1. The summed E-state index contributed by atoms with van der Waals surface area (Å²) in [6.45, 7) is 2.10. The summed E-state index contributed by atoms with van der Waals surface area (Å²) in [5.74, 6) is 0.310. The zero-order chi connectivity index (χ0) is 10.1. The number of hydrogen-bond donors (Lipinski definition) is 1. The van der Waals surface area contributed by atoms with Gasteiger partial charge < -0.3 is 5.73 Å². The predicted octanol–water partition coefficient (Wildman–Crippen LogP) is 2.59. The van der Waals surface area contributed by atoms with Crippen molar-refractivity contribution >= 4 is 0 Å². The maximum absolute atomic E-state index is 12.9. The van der Waals surface area contributed by atoms with Crippen LogP contribution in [0.4, 0.5) is 4.39 Å². The van der Waals surface area contributed by atoms with Gasteiger partial charge in [0.2, 0.25) is 0 Å². The lowest BCUT2D eigenvalue weighted by Crippen LogP contribution is -2.26. The highest BCUT2D eigenvalue weighted by molar-refractivity contribution is 5.36. The van der Waals surface area contributed by atoms with Crippen molar-refractivity contribution in [2.24, 2.45) is 5.73 Å². The lowest BCUT2D eigenvalue weighted by atomic mass is 9.92. The summed E-state index contributed by atoms with van der Waals surface area (Å²) in [6.07, 6.45) is 3.04. The molecule has 1 aliphatic rings. The Morgan fingerprint density at radius 1 is 1.57 bits per heavy atom. The minimum atomic E-state index is -0.130. The monoisotopic (exact) mass is 193 g/mol. The average Bonchev–Trinajstić information content (AvgIpc) is 2.59. The van der Waals surface area contributed by atoms with Crippen LogP contribution in [0.25, 0.3) is 0 Å². The van der Waals surface area contributed by atoms with Gasteiger partial charge in [-0.3, -0.25) is 0 Å². The second-order valence-electron chi connectivity index (χ2n) is 4.06. The number of aryl methyl sites for hydroxylation is 1. The van der Waals surface area contributed by atoms with Crippen molar-refractivity contribution in [3.05, 3.63) is 35.1 Å². The molecule has 1 aliphatic carbocycles. The van der Waals surface area contributed by atoms with Crippen molar-refractivity contribution in [2.75, 3.05) is 0 Å². The molecule has 1 nitrogen and oxygen atoms in total. The Hall–Kier alpha value is -0.890. The Kier molecular flexibility index (Phi) is 2.55. The van der Waals surface area contributed by atoms with Crippen LogP contribution in [0.15, 0.2) is 18.2 Å². The molecule has 0 bridgehead atoms. The molecule has 0 fully saturated rings. The first-order valence-electron chi connectivity index (χ1n) is 5.26. The van der Waals surface area contributed by atoms with E-state index < -0.39 is 0 Å². The van der Waals surface area contributed by atoms with Gasteiger partial charge in [0.05, 0.1) is 0 Å². The van der Waals surface area contributed by atoms with Gasteiger partial charge in [-0.25, -0.2) is 4.39 Å². The van der Waals surface area contributed by atoms with Crippen LogP contribution in [0, 0.1) is 5.82 Å². The van der Waals surface area contributed by atoms with Gasteiger partial charge in [0, 0.05) is 6.04 Å². The van der Waals surface area contributed by atoms with Gasteiger partial charge in [-0.1, -0.05) is 13.0 Å². The van der Waals surface area contributed by atoms with E-state index in [1.54, 1.807) is 12.1 Å². The fourth-order valence-corrected chi connectivity index (χ4v) is 2.35. The van der Waals surface area contributed by atoms with Crippen molar-refractivity contribution in [3.63, 3.8) is 0 Å². The molecular formula is C12H16FN. The molecule has 14 heavy (non-hydrogen) atoms. The topological polar surface area (TPSA) is 26.0 Å². The first-order chi connectivity index (χ1) is 6.72. The van der Waals surface area contributed by atoms with Crippen molar-refractivity contribution in [2.45, 2.75) is 38.1 Å². The molecule has 2 rings (SSSR count). The summed E-state index contributed by atoms with van der Waals surface area (Å²) in [7, 11) is 0.